The normalized spacial score (nSPS) is 13.3. The second-order valence-electron chi connectivity index (χ2n) is 3.42. The summed E-state index contributed by atoms with van der Waals surface area (Å²) in [4.78, 5) is 2.01. The van der Waals surface area contributed by atoms with E-state index >= 15 is 0 Å². The van der Waals surface area contributed by atoms with Crippen LogP contribution in [0.15, 0.2) is 24.3 Å². The molecule has 1 aromatic rings. The van der Waals surface area contributed by atoms with Gasteiger partial charge >= 0.3 is 0 Å². The Bertz CT molecular complexity index is 256. The average molecular weight is 182 g/mol. The van der Waals surface area contributed by atoms with Crippen LogP contribution in [0.3, 0.4) is 0 Å². The fourth-order valence-corrected chi connectivity index (χ4v) is 1.21. The summed E-state index contributed by atoms with van der Waals surface area (Å²) < 4.78 is 12.6. The predicted octanol–water partition coefficient (Wildman–Crippen LogP) is 1.39. The summed E-state index contributed by atoms with van der Waals surface area (Å²) >= 11 is 0. The van der Waals surface area contributed by atoms with Gasteiger partial charge in [0.05, 0.1) is 0 Å². The lowest BCUT2D eigenvalue weighted by Crippen LogP contribution is -2.25. The van der Waals surface area contributed by atoms with Crippen LogP contribution >= 0.6 is 0 Å². The van der Waals surface area contributed by atoms with Gasteiger partial charge in [0.1, 0.15) is 5.82 Å². The minimum absolute atomic E-state index is 0.0457. The maximum Gasteiger partial charge on any atom is 0.123 e. The van der Waals surface area contributed by atoms with Crippen molar-refractivity contribution in [1.82, 2.24) is 4.90 Å². The van der Waals surface area contributed by atoms with Gasteiger partial charge in [-0.15, -0.1) is 0 Å². The lowest BCUT2D eigenvalue weighted by molar-refractivity contribution is 0.376. The molecule has 0 radical (unpaired) electrons. The van der Waals surface area contributed by atoms with Gasteiger partial charge in [-0.05, 0) is 31.8 Å². The van der Waals surface area contributed by atoms with Crippen molar-refractivity contribution in [2.24, 2.45) is 5.73 Å². The van der Waals surface area contributed by atoms with Crippen LogP contribution in [0, 0.1) is 5.82 Å². The fourth-order valence-electron chi connectivity index (χ4n) is 1.21. The number of rotatable bonds is 3. The van der Waals surface area contributed by atoms with Crippen LogP contribution in [0.2, 0.25) is 0 Å². The minimum Gasteiger partial charge on any atom is -0.323 e. The summed E-state index contributed by atoms with van der Waals surface area (Å²) in [6, 6.07) is 6.28. The van der Waals surface area contributed by atoms with E-state index in [4.69, 9.17) is 5.73 Å². The van der Waals surface area contributed by atoms with E-state index in [0.717, 1.165) is 12.1 Å². The molecule has 2 N–H and O–H groups in total. The molecule has 0 fully saturated rings. The van der Waals surface area contributed by atoms with E-state index in [0.29, 0.717) is 0 Å². The molecule has 72 valence electrons. The molecule has 0 saturated heterocycles. The zero-order valence-corrected chi connectivity index (χ0v) is 8.00. The zero-order valence-electron chi connectivity index (χ0n) is 8.00. The van der Waals surface area contributed by atoms with Crippen molar-refractivity contribution in [3.8, 4) is 0 Å². The fraction of sp³-hybridized carbons (Fsp3) is 0.400. The van der Waals surface area contributed by atoms with Gasteiger partial charge in [0.2, 0.25) is 0 Å². The Morgan fingerprint density at radius 3 is 2.31 bits per heavy atom. The molecule has 0 bridgehead atoms. The largest absolute Gasteiger partial charge is 0.323 e. The van der Waals surface area contributed by atoms with Gasteiger partial charge in [0, 0.05) is 12.6 Å². The first-order chi connectivity index (χ1) is 6.09. The van der Waals surface area contributed by atoms with E-state index in [1.54, 1.807) is 12.1 Å². The third-order valence-electron chi connectivity index (χ3n) is 1.86. The monoisotopic (exact) mass is 182 g/mol. The third-order valence-corrected chi connectivity index (χ3v) is 1.86. The average Bonchev–Trinajstić information content (AvgIpc) is 2.04. The highest BCUT2D eigenvalue weighted by molar-refractivity contribution is 5.19. The van der Waals surface area contributed by atoms with Crippen molar-refractivity contribution in [1.29, 1.82) is 0 Å². The first kappa shape index (κ1) is 10.2. The van der Waals surface area contributed by atoms with E-state index < -0.39 is 0 Å². The smallest absolute Gasteiger partial charge is 0.123 e. The van der Waals surface area contributed by atoms with Gasteiger partial charge in [-0.3, -0.25) is 0 Å². The third kappa shape index (κ3) is 3.13. The molecule has 0 saturated carbocycles. The molecule has 0 spiro atoms. The number of hydrogen-bond donors (Lipinski definition) is 1. The van der Waals surface area contributed by atoms with Gasteiger partial charge in [-0.1, -0.05) is 12.1 Å². The van der Waals surface area contributed by atoms with Crippen LogP contribution < -0.4 is 5.73 Å². The van der Waals surface area contributed by atoms with E-state index in [9.17, 15) is 4.39 Å². The van der Waals surface area contributed by atoms with Gasteiger partial charge in [-0.2, -0.15) is 0 Å². The van der Waals surface area contributed by atoms with Crippen molar-refractivity contribution in [3.05, 3.63) is 35.6 Å². The standard InChI is InChI=1S/C10H15FN2/c1-13(2)7-10(12)8-3-5-9(11)6-4-8/h3-6,10H,7,12H2,1-2H3/t10-/m1/s1. The number of benzene rings is 1. The Hall–Kier alpha value is -0.930. The van der Waals surface area contributed by atoms with Crippen molar-refractivity contribution in [2.45, 2.75) is 6.04 Å². The molecule has 1 rings (SSSR count). The van der Waals surface area contributed by atoms with Crippen molar-refractivity contribution in [2.75, 3.05) is 20.6 Å². The van der Waals surface area contributed by atoms with Crippen LogP contribution in [0.1, 0.15) is 11.6 Å². The second-order valence-corrected chi connectivity index (χ2v) is 3.42. The summed E-state index contributed by atoms with van der Waals surface area (Å²) in [7, 11) is 3.92. The van der Waals surface area contributed by atoms with Crippen LogP contribution in [0.25, 0.3) is 0 Å². The molecule has 13 heavy (non-hydrogen) atoms. The minimum atomic E-state index is -0.221. The van der Waals surface area contributed by atoms with Crippen LogP contribution in [-0.2, 0) is 0 Å². The predicted molar refractivity (Wildman–Crippen MR) is 51.9 cm³/mol. The number of halogens is 1. The highest BCUT2D eigenvalue weighted by Gasteiger charge is 2.06. The zero-order chi connectivity index (χ0) is 9.84. The van der Waals surface area contributed by atoms with E-state index in [2.05, 4.69) is 0 Å². The summed E-state index contributed by atoms with van der Waals surface area (Å²) in [5.41, 5.74) is 6.85. The molecule has 0 heterocycles. The molecule has 1 aromatic carbocycles. The molecule has 0 unspecified atom stereocenters. The van der Waals surface area contributed by atoms with E-state index in [1.165, 1.54) is 12.1 Å². The molecule has 0 amide bonds. The van der Waals surface area contributed by atoms with Crippen LogP contribution in [0.4, 0.5) is 4.39 Å². The van der Waals surface area contributed by atoms with E-state index in [-0.39, 0.29) is 11.9 Å². The van der Waals surface area contributed by atoms with Crippen LogP contribution in [-0.4, -0.2) is 25.5 Å². The topological polar surface area (TPSA) is 29.3 Å². The molecule has 1 atom stereocenters. The van der Waals surface area contributed by atoms with Gasteiger partial charge in [-0.25, -0.2) is 4.39 Å². The van der Waals surface area contributed by atoms with Crippen molar-refractivity contribution < 1.29 is 4.39 Å². The Labute approximate surface area is 78.2 Å². The van der Waals surface area contributed by atoms with Gasteiger partial charge in [0.25, 0.3) is 0 Å². The Morgan fingerprint density at radius 2 is 1.85 bits per heavy atom. The molecule has 0 aromatic heterocycles. The molecule has 0 aliphatic heterocycles. The first-order valence-corrected chi connectivity index (χ1v) is 4.25. The molecular weight excluding hydrogens is 167 g/mol. The van der Waals surface area contributed by atoms with Crippen molar-refractivity contribution in [3.63, 3.8) is 0 Å². The number of nitrogens with two attached hydrogens (primary N) is 1. The van der Waals surface area contributed by atoms with Crippen LogP contribution in [0.5, 0.6) is 0 Å². The summed E-state index contributed by atoms with van der Waals surface area (Å²) in [5, 5.41) is 0. The molecule has 3 heteroatoms. The molecule has 2 nitrogen and oxygen atoms in total. The molecular formula is C10H15FN2. The summed E-state index contributed by atoms with van der Waals surface area (Å²) in [6.07, 6.45) is 0. The highest BCUT2D eigenvalue weighted by atomic mass is 19.1. The maximum absolute atomic E-state index is 12.6. The summed E-state index contributed by atoms with van der Waals surface area (Å²) in [5.74, 6) is -0.221. The second kappa shape index (κ2) is 4.35. The Kier molecular flexibility index (Phi) is 3.39. The van der Waals surface area contributed by atoms with Crippen molar-refractivity contribution >= 4 is 0 Å². The van der Waals surface area contributed by atoms with Gasteiger partial charge < -0.3 is 10.6 Å². The maximum atomic E-state index is 12.6. The number of nitrogens with zero attached hydrogens (tertiary/aromatic N) is 1. The lowest BCUT2D eigenvalue weighted by atomic mass is 10.1. The number of likely N-dealkylation sites (N-methyl/N-ethyl adjacent to an activating group) is 1. The lowest BCUT2D eigenvalue weighted by Gasteiger charge is -2.16. The quantitative estimate of drug-likeness (QED) is 0.765. The van der Waals surface area contributed by atoms with E-state index in [1.807, 2.05) is 19.0 Å². The Morgan fingerprint density at radius 1 is 1.31 bits per heavy atom. The first-order valence-electron chi connectivity index (χ1n) is 4.25. The summed E-state index contributed by atoms with van der Waals surface area (Å²) in [6.45, 7) is 0.769. The number of hydrogen-bond acceptors (Lipinski definition) is 2. The SMILES string of the molecule is CN(C)C[C@@H](N)c1ccc(F)cc1. The highest BCUT2D eigenvalue weighted by Crippen LogP contribution is 2.11. The van der Waals surface area contributed by atoms with Gasteiger partial charge in [0.15, 0.2) is 0 Å². The Balaban J connectivity index is 2.66. The molecule has 0 aliphatic carbocycles. The molecule has 0 aliphatic rings.